The van der Waals surface area contributed by atoms with Gasteiger partial charge in [-0.05, 0) is 73.9 Å². The Labute approximate surface area is 217 Å². The van der Waals surface area contributed by atoms with Gasteiger partial charge < -0.3 is 5.32 Å². The van der Waals surface area contributed by atoms with Gasteiger partial charge in [-0.25, -0.2) is 4.98 Å². The van der Waals surface area contributed by atoms with Gasteiger partial charge in [0.25, 0.3) is 5.56 Å². The minimum Gasteiger partial charge on any atom is -0.347 e. The molecule has 0 atom stereocenters. The van der Waals surface area contributed by atoms with E-state index in [0.717, 1.165) is 39.5 Å². The van der Waals surface area contributed by atoms with Crippen LogP contribution in [0.5, 0.6) is 0 Å². The zero-order valence-electron chi connectivity index (χ0n) is 19.5. The van der Waals surface area contributed by atoms with Gasteiger partial charge in [-0.15, -0.1) is 11.3 Å². The smallest absolute Gasteiger partial charge is 0.266 e. The van der Waals surface area contributed by atoms with Crippen LogP contribution in [0.2, 0.25) is 5.02 Å². The molecule has 0 fully saturated rings. The number of rotatable bonds is 4. The molecule has 7 heteroatoms. The third-order valence-corrected chi connectivity index (χ3v) is 7.88. The number of Topliss-reactive ketones (excluding diaryl/α,β-unsaturated/α-hetero) is 1. The Balaban J connectivity index is 1.62. The van der Waals surface area contributed by atoms with Crippen LogP contribution in [-0.4, -0.2) is 15.3 Å². The van der Waals surface area contributed by atoms with Crippen molar-refractivity contribution in [2.24, 2.45) is 0 Å². The van der Waals surface area contributed by atoms with Gasteiger partial charge in [-0.3, -0.25) is 14.2 Å². The predicted octanol–water partition coefficient (Wildman–Crippen LogP) is 7.34. The first-order chi connectivity index (χ1) is 17.5. The number of anilines is 2. The molecule has 0 amide bonds. The highest BCUT2D eigenvalue weighted by Gasteiger charge is 2.30. The topological polar surface area (TPSA) is 64.0 Å². The van der Waals surface area contributed by atoms with E-state index >= 15 is 0 Å². The van der Waals surface area contributed by atoms with Crippen molar-refractivity contribution < 1.29 is 4.79 Å². The molecule has 5 aromatic rings. The van der Waals surface area contributed by atoms with E-state index in [1.54, 1.807) is 22.8 Å². The number of halogens is 1. The van der Waals surface area contributed by atoms with Crippen LogP contribution in [0.15, 0.2) is 77.6 Å². The van der Waals surface area contributed by atoms with Crippen LogP contribution in [-0.2, 0) is 6.42 Å². The van der Waals surface area contributed by atoms with E-state index in [-0.39, 0.29) is 11.3 Å². The number of carbonyl (C=O) groups excluding carboxylic acids is 1. The highest BCUT2D eigenvalue weighted by Crippen LogP contribution is 2.44. The molecule has 1 aliphatic rings. The second kappa shape index (κ2) is 9.04. The largest absolute Gasteiger partial charge is 0.347 e. The molecule has 1 N–H and O–H groups in total. The van der Waals surface area contributed by atoms with E-state index in [4.69, 9.17) is 16.6 Å². The zero-order valence-corrected chi connectivity index (χ0v) is 21.1. The maximum Gasteiger partial charge on any atom is 0.266 e. The summed E-state index contributed by atoms with van der Waals surface area (Å²) < 4.78 is 1.64. The van der Waals surface area contributed by atoms with Gasteiger partial charge in [-0.1, -0.05) is 41.4 Å². The number of ketones is 1. The number of thiophene rings is 1. The van der Waals surface area contributed by atoms with Crippen molar-refractivity contribution in [2.75, 3.05) is 5.32 Å². The minimum absolute atomic E-state index is 0.120. The van der Waals surface area contributed by atoms with Crippen LogP contribution < -0.4 is 10.9 Å². The number of hydrogen-bond acceptors (Lipinski definition) is 5. The molecule has 0 unspecified atom stereocenters. The van der Waals surface area contributed by atoms with Crippen molar-refractivity contribution in [2.45, 2.75) is 26.2 Å². The molecule has 178 valence electrons. The summed E-state index contributed by atoms with van der Waals surface area (Å²) in [5.41, 5.74) is 4.89. The van der Waals surface area contributed by atoms with Gasteiger partial charge in [0.2, 0.25) is 0 Å². The SMILES string of the molecule is Cc1ccc(Nc2sc(-c3nc4ccccc4c(=O)n3-c3ccc(Cl)cc3)c3c2C(=O)CCC3)cc1. The third-order valence-electron chi connectivity index (χ3n) is 6.49. The minimum atomic E-state index is -0.157. The second-order valence-electron chi connectivity index (χ2n) is 8.95. The Morgan fingerprint density at radius 3 is 2.47 bits per heavy atom. The lowest BCUT2D eigenvalue weighted by Crippen LogP contribution is -2.22. The second-order valence-corrected chi connectivity index (χ2v) is 10.4. The number of nitrogens with zero attached hydrogens (tertiary/aromatic N) is 2. The molecule has 36 heavy (non-hydrogen) atoms. The quantitative estimate of drug-likeness (QED) is 0.274. The molecule has 0 bridgehead atoms. The summed E-state index contributed by atoms with van der Waals surface area (Å²) in [6.07, 6.45) is 2.05. The molecule has 0 saturated heterocycles. The van der Waals surface area contributed by atoms with Crippen molar-refractivity contribution in [1.29, 1.82) is 0 Å². The van der Waals surface area contributed by atoms with Gasteiger partial charge in [0.1, 0.15) is 5.00 Å². The number of nitrogens with one attached hydrogen (secondary N) is 1. The van der Waals surface area contributed by atoms with E-state index in [1.807, 2.05) is 61.5 Å². The monoisotopic (exact) mass is 511 g/mol. The Bertz CT molecular complexity index is 1690. The summed E-state index contributed by atoms with van der Waals surface area (Å²) in [4.78, 5) is 32.7. The summed E-state index contributed by atoms with van der Waals surface area (Å²) in [6.45, 7) is 2.04. The number of para-hydroxylation sites is 1. The molecule has 0 aliphatic heterocycles. The molecular formula is C29H22ClN3O2S. The predicted molar refractivity (Wildman–Crippen MR) is 147 cm³/mol. The lowest BCUT2D eigenvalue weighted by atomic mass is 9.91. The van der Waals surface area contributed by atoms with Gasteiger partial charge in [0.15, 0.2) is 11.6 Å². The van der Waals surface area contributed by atoms with Crippen molar-refractivity contribution in [1.82, 2.24) is 9.55 Å². The highest BCUT2D eigenvalue weighted by atomic mass is 35.5. The van der Waals surface area contributed by atoms with E-state index in [1.165, 1.54) is 11.3 Å². The molecular weight excluding hydrogens is 490 g/mol. The number of benzene rings is 3. The Hall–Kier alpha value is -3.74. The first kappa shape index (κ1) is 22.7. The van der Waals surface area contributed by atoms with Gasteiger partial charge in [-0.2, -0.15) is 0 Å². The molecule has 0 radical (unpaired) electrons. The van der Waals surface area contributed by atoms with Crippen molar-refractivity contribution in [3.63, 3.8) is 0 Å². The van der Waals surface area contributed by atoms with E-state index in [2.05, 4.69) is 5.32 Å². The summed E-state index contributed by atoms with van der Waals surface area (Å²) >= 11 is 7.63. The number of aryl methyl sites for hydroxylation is 1. The third kappa shape index (κ3) is 3.92. The lowest BCUT2D eigenvalue weighted by molar-refractivity contribution is 0.0974. The molecule has 6 rings (SSSR count). The standard InChI is InChI=1S/C29H22ClN3O2S/c1-17-9-13-19(14-10-17)31-28-25-22(6-4-8-24(25)34)26(36-28)27-32-23-7-3-2-5-21(23)29(35)33(27)20-15-11-18(30)12-16-20/h2-3,5,7,9-16,31H,4,6,8H2,1H3. The maximum atomic E-state index is 13.8. The summed E-state index contributed by atoms with van der Waals surface area (Å²) in [6, 6.07) is 22.6. The normalized spacial score (nSPS) is 13.1. The van der Waals surface area contributed by atoms with Crippen LogP contribution in [0.4, 0.5) is 10.7 Å². The molecule has 2 aromatic heterocycles. The van der Waals surface area contributed by atoms with Crippen LogP contribution >= 0.6 is 22.9 Å². The Kier molecular flexibility index (Phi) is 5.70. The first-order valence-corrected chi connectivity index (χ1v) is 13.0. The van der Waals surface area contributed by atoms with Crippen molar-refractivity contribution >= 4 is 50.3 Å². The first-order valence-electron chi connectivity index (χ1n) is 11.8. The van der Waals surface area contributed by atoms with Gasteiger partial charge in [0.05, 0.1) is 27.0 Å². The maximum absolute atomic E-state index is 13.8. The average molecular weight is 512 g/mol. The Morgan fingerprint density at radius 2 is 1.69 bits per heavy atom. The van der Waals surface area contributed by atoms with Crippen LogP contribution in [0.25, 0.3) is 27.3 Å². The molecule has 0 spiro atoms. The molecule has 2 heterocycles. The number of hydrogen-bond donors (Lipinski definition) is 1. The lowest BCUT2D eigenvalue weighted by Gasteiger charge is -2.16. The van der Waals surface area contributed by atoms with Crippen molar-refractivity contribution in [3.8, 4) is 16.4 Å². The van der Waals surface area contributed by atoms with Crippen LogP contribution in [0.1, 0.15) is 34.3 Å². The molecule has 1 aliphatic carbocycles. The molecule has 0 saturated carbocycles. The zero-order chi connectivity index (χ0) is 24.8. The fraction of sp³-hybridized carbons (Fsp3) is 0.138. The number of aromatic nitrogens is 2. The van der Waals surface area contributed by atoms with E-state index in [9.17, 15) is 9.59 Å². The van der Waals surface area contributed by atoms with Crippen molar-refractivity contribution in [3.05, 3.63) is 105 Å². The van der Waals surface area contributed by atoms with Crippen LogP contribution in [0, 0.1) is 6.92 Å². The molecule has 3 aromatic carbocycles. The van der Waals surface area contributed by atoms with Crippen LogP contribution in [0.3, 0.4) is 0 Å². The van der Waals surface area contributed by atoms with Gasteiger partial charge >= 0.3 is 0 Å². The van der Waals surface area contributed by atoms with Gasteiger partial charge in [0, 0.05) is 17.1 Å². The fourth-order valence-electron chi connectivity index (χ4n) is 4.70. The summed E-state index contributed by atoms with van der Waals surface area (Å²) in [7, 11) is 0. The van der Waals surface area contributed by atoms with E-state index in [0.29, 0.717) is 39.4 Å². The number of fused-ring (bicyclic) bond motifs is 2. The summed E-state index contributed by atoms with van der Waals surface area (Å²) in [5, 5.41) is 5.38. The highest BCUT2D eigenvalue weighted by molar-refractivity contribution is 7.20. The average Bonchev–Trinajstić information content (AvgIpc) is 3.25. The molecule has 5 nitrogen and oxygen atoms in total. The summed E-state index contributed by atoms with van der Waals surface area (Å²) in [5.74, 6) is 0.656. The van der Waals surface area contributed by atoms with E-state index < -0.39 is 0 Å². The fourth-order valence-corrected chi connectivity index (χ4v) is 6.09. The Morgan fingerprint density at radius 1 is 0.944 bits per heavy atom. The number of carbonyl (C=O) groups is 1.